The molecule has 1 saturated heterocycles. The molecule has 1 fully saturated rings. The van der Waals surface area contributed by atoms with Crippen LogP contribution in [-0.4, -0.2) is 38.8 Å². The molecule has 2 aliphatic heterocycles. The number of halogens is 1. The lowest BCUT2D eigenvalue weighted by atomic mass is 10.1. The number of aliphatic hydroxyl groups excluding tert-OH is 2. The largest absolute Gasteiger partial charge is 0.456 e. The molecule has 1 aromatic rings. The van der Waals surface area contributed by atoms with Gasteiger partial charge in [0.15, 0.2) is 24.1 Å². The Morgan fingerprint density at radius 1 is 1.53 bits per heavy atom. The number of nitrogens with one attached hydrogen (secondary N) is 1. The molecule has 1 aromatic heterocycles. The zero-order valence-corrected chi connectivity index (χ0v) is 9.50. The maximum absolute atomic E-state index is 9.54. The summed E-state index contributed by atoms with van der Waals surface area (Å²) in [7, 11) is 0. The maximum Gasteiger partial charge on any atom is 0.300 e. The van der Waals surface area contributed by atoms with Crippen LogP contribution >= 0.6 is 12.4 Å². The number of aliphatic hydroxyl groups is 2. The molecule has 3 heterocycles. The zero-order valence-electron chi connectivity index (χ0n) is 8.68. The molecule has 0 amide bonds. The lowest BCUT2D eigenvalue weighted by Crippen LogP contribution is -2.30. The summed E-state index contributed by atoms with van der Waals surface area (Å²) in [6.07, 6.45) is -0.331. The van der Waals surface area contributed by atoms with Crippen molar-refractivity contribution in [1.29, 1.82) is 5.41 Å². The number of ether oxygens (including phenoxy) is 2. The first-order valence-corrected chi connectivity index (χ1v) is 4.95. The fourth-order valence-corrected chi connectivity index (χ4v) is 2.07. The number of hydrogen-bond donors (Lipinski definition) is 3. The van der Waals surface area contributed by atoms with E-state index >= 15 is 0 Å². The Balaban J connectivity index is 0.00000108. The van der Waals surface area contributed by atoms with E-state index in [0.717, 1.165) is 0 Å². The summed E-state index contributed by atoms with van der Waals surface area (Å²) in [6, 6.07) is 1.80. The molecule has 0 radical (unpaired) electrons. The van der Waals surface area contributed by atoms with E-state index in [1.54, 1.807) is 10.8 Å². The fraction of sp³-hybridized carbons (Fsp3) is 0.556. The second kappa shape index (κ2) is 4.26. The Kier molecular flexibility index (Phi) is 3.09. The molecule has 0 saturated carbocycles. The monoisotopic (exact) mass is 261 g/mol. The first-order valence-electron chi connectivity index (χ1n) is 4.95. The Labute approximate surface area is 103 Å². The second-order valence-electron chi connectivity index (χ2n) is 3.85. The first kappa shape index (κ1) is 12.3. The van der Waals surface area contributed by atoms with Crippen LogP contribution in [0.25, 0.3) is 0 Å². The summed E-state index contributed by atoms with van der Waals surface area (Å²) in [5.74, 6) is -0.485. The van der Waals surface area contributed by atoms with Crippen LogP contribution in [0.15, 0.2) is 12.3 Å². The topological polar surface area (TPSA) is 101 Å². The fourth-order valence-electron chi connectivity index (χ4n) is 2.07. The van der Waals surface area contributed by atoms with Gasteiger partial charge in [-0.05, 0) is 6.07 Å². The van der Waals surface area contributed by atoms with Crippen LogP contribution in [0.5, 0.6) is 6.01 Å². The third kappa shape index (κ3) is 1.71. The SMILES string of the molecule is Cl.N=c1ccn2c(n1)O[C@H]1[C@@H](CO)[C@H](O)O[C@H]12. The third-order valence-corrected chi connectivity index (χ3v) is 2.90. The minimum absolute atomic E-state index is 0. The number of aromatic nitrogens is 2. The molecule has 3 N–H and O–H groups in total. The van der Waals surface area contributed by atoms with Crippen LogP contribution in [0.4, 0.5) is 0 Å². The van der Waals surface area contributed by atoms with Crippen LogP contribution in [0, 0.1) is 11.3 Å². The van der Waals surface area contributed by atoms with Gasteiger partial charge in [0.25, 0.3) is 0 Å². The normalized spacial score (nSPS) is 33.5. The molecule has 8 heteroatoms. The van der Waals surface area contributed by atoms with Gasteiger partial charge < -0.3 is 19.7 Å². The van der Waals surface area contributed by atoms with Crippen LogP contribution in [0.2, 0.25) is 0 Å². The predicted octanol–water partition coefficient (Wildman–Crippen LogP) is -0.999. The Bertz CT molecular complexity index is 480. The van der Waals surface area contributed by atoms with Crippen molar-refractivity contribution < 1.29 is 19.7 Å². The van der Waals surface area contributed by atoms with Crippen molar-refractivity contribution in [3.05, 3.63) is 17.8 Å². The molecule has 17 heavy (non-hydrogen) atoms. The maximum atomic E-state index is 9.54. The highest BCUT2D eigenvalue weighted by Gasteiger charge is 2.50. The molecular weight excluding hydrogens is 250 g/mol. The van der Waals surface area contributed by atoms with Gasteiger partial charge >= 0.3 is 6.01 Å². The quantitative estimate of drug-likeness (QED) is 0.602. The average Bonchev–Trinajstić information content (AvgIpc) is 2.71. The average molecular weight is 262 g/mol. The van der Waals surface area contributed by atoms with Crippen molar-refractivity contribution in [1.82, 2.24) is 9.55 Å². The Morgan fingerprint density at radius 3 is 3.00 bits per heavy atom. The molecular formula is C9H12ClN3O4. The first-order chi connectivity index (χ1) is 7.70. The van der Waals surface area contributed by atoms with Crippen LogP contribution < -0.4 is 10.2 Å². The summed E-state index contributed by atoms with van der Waals surface area (Å²) < 4.78 is 12.4. The summed E-state index contributed by atoms with van der Waals surface area (Å²) in [5.41, 5.74) is 0.104. The third-order valence-electron chi connectivity index (χ3n) is 2.90. The Morgan fingerprint density at radius 2 is 2.29 bits per heavy atom. The summed E-state index contributed by atoms with van der Waals surface area (Å²) >= 11 is 0. The predicted molar refractivity (Wildman–Crippen MR) is 56.5 cm³/mol. The Hall–Kier alpha value is -1.15. The van der Waals surface area contributed by atoms with Gasteiger partial charge in [-0.1, -0.05) is 0 Å². The standard InChI is InChI=1S/C9H11N3O4.ClH/c10-5-1-2-12-7-6(15-9(12)11-5)4(3-13)8(14)16-7;/h1-2,4,6-8,10,13-14H,3H2;1H/t4-,6+,7-,8-;/m1./s1. The molecule has 0 unspecified atom stereocenters. The highest BCUT2D eigenvalue weighted by Crippen LogP contribution is 2.40. The van der Waals surface area contributed by atoms with Crippen molar-refractivity contribution in [3.63, 3.8) is 0 Å². The van der Waals surface area contributed by atoms with E-state index in [9.17, 15) is 5.11 Å². The van der Waals surface area contributed by atoms with E-state index in [2.05, 4.69) is 4.98 Å². The minimum Gasteiger partial charge on any atom is -0.456 e. The second-order valence-corrected chi connectivity index (χ2v) is 3.85. The lowest BCUT2D eigenvalue weighted by Gasteiger charge is -2.14. The van der Waals surface area contributed by atoms with E-state index in [1.165, 1.54) is 6.07 Å². The molecule has 4 atom stereocenters. The van der Waals surface area contributed by atoms with Crippen molar-refractivity contribution in [2.24, 2.45) is 5.92 Å². The number of rotatable bonds is 1. The van der Waals surface area contributed by atoms with Gasteiger partial charge in [0.2, 0.25) is 0 Å². The van der Waals surface area contributed by atoms with Crippen molar-refractivity contribution in [3.8, 4) is 6.01 Å². The number of fused-ring (bicyclic) bond motifs is 3. The minimum atomic E-state index is -1.03. The molecule has 0 spiro atoms. The molecule has 7 nitrogen and oxygen atoms in total. The van der Waals surface area contributed by atoms with Gasteiger partial charge in [0.1, 0.15) is 0 Å². The molecule has 3 rings (SSSR count). The highest BCUT2D eigenvalue weighted by atomic mass is 35.5. The van der Waals surface area contributed by atoms with Crippen molar-refractivity contribution in [2.75, 3.05) is 6.61 Å². The van der Waals surface area contributed by atoms with Crippen LogP contribution in [0.1, 0.15) is 6.23 Å². The van der Waals surface area contributed by atoms with Gasteiger partial charge in [0.05, 0.1) is 12.5 Å². The lowest BCUT2D eigenvalue weighted by molar-refractivity contribution is -0.130. The number of nitrogens with zero attached hydrogens (tertiary/aromatic N) is 2. The van der Waals surface area contributed by atoms with Gasteiger partial charge in [-0.15, -0.1) is 12.4 Å². The van der Waals surface area contributed by atoms with Crippen LogP contribution in [-0.2, 0) is 4.74 Å². The van der Waals surface area contributed by atoms with Gasteiger partial charge in [-0.2, -0.15) is 4.98 Å². The zero-order chi connectivity index (χ0) is 11.3. The van der Waals surface area contributed by atoms with E-state index in [4.69, 9.17) is 20.0 Å². The van der Waals surface area contributed by atoms with Gasteiger partial charge in [0, 0.05) is 6.20 Å². The van der Waals surface area contributed by atoms with Crippen molar-refractivity contribution >= 4 is 12.4 Å². The van der Waals surface area contributed by atoms with E-state index < -0.39 is 24.5 Å². The van der Waals surface area contributed by atoms with Crippen molar-refractivity contribution in [2.45, 2.75) is 18.6 Å². The highest BCUT2D eigenvalue weighted by molar-refractivity contribution is 5.85. The smallest absolute Gasteiger partial charge is 0.300 e. The van der Waals surface area contributed by atoms with E-state index in [-0.39, 0.29) is 30.5 Å². The molecule has 0 aliphatic carbocycles. The molecule has 0 bridgehead atoms. The van der Waals surface area contributed by atoms with Gasteiger partial charge in [-0.3, -0.25) is 9.98 Å². The molecule has 2 aliphatic rings. The summed E-state index contributed by atoms with van der Waals surface area (Å²) in [4.78, 5) is 3.89. The van der Waals surface area contributed by atoms with E-state index in [0.29, 0.717) is 0 Å². The van der Waals surface area contributed by atoms with Gasteiger partial charge in [-0.25, -0.2) is 0 Å². The molecule has 94 valence electrons. The number of hydrogen-bond acceptors (Lipinski definition) is 6. The van der Waals surface area contributed by atoms with E-state index in [1.807, 2.05) is 0 Å². The summed E-state index contributed by atoms with van der Waals surface area (Å²) in [6.45, 7) is -0.218. The van der Waals surface area contributed by atoms with Crippen LogP contribution in [0.3, 0.4) is 0 Å². The summed E-state index contributed by atoms with van der Waals surface area (Å²) in [5, 5.41) is 26.0. The molecule has 0 aromatic carbocycles.